The highest BCUT2D eigenvalue weighted by atomic mass is 16.5. The van der Waals surface area contributed by atoms with Crippen LogP contribution in [0.15, 0.2) is 24.3 Å². The van der Waals surface area contributed by atoms with E-state index >= 15 is 0 Å². The second-order valence-corrected chi connectivity index (χ2v) is 5.19. The van der Waals surface area contributed by atoms with Crippen LogP contribution >= 0.6 is 0 Å². The van der Waals surface area contributed by atoms with Gasteiger partial charge in [-0.3, -0.25) is 10.1 Å². The molecule has 1 aromatic carbocycles. The van der Waals surface area contributed by atoms with E-state index in [0.29, 0.717) is 5.92 Å². The Morgan fingerprint density at radius 1 is 1.16 bits per heavy atom. The lowest BCUT2D eigenvalue weighted by molar-refractivity contribution is -0.143. The third-order valence-corrected chi connectivity index (χ3v) is 3.45. The lowest BCUT2D eigenvalue weighted by Crippen LogP contribution is -2.38. The van der Waals surface area contributed by atoms with Crippen molar-refractivity contribution in [1.82, 2.24) is 5.32 Å². The smallest absolute Gasteiger partial charge is 0.322 e. The molecule has 0 bridgehead atoms. The van der Waals surface area contributed by atoms with Gasteiger partial charge in [0, 0.05) is 6.04 Å². The quantitative estimate of drug-likeness (QED) is 0.799. The van der Waals surface area contributed by atoms with E-state index in [-0.39, 0.29) is 18.1 Å². The Labute approximate surface area is 116 Å². The summed E-state index contributed by atoms with van der Waals surface area (Å²) in [7, 11) is 1.43. The molecule has 0 amide bonds. The summed E-state index contributed by atoms with van der Waals surface area (Å²) in [4.78, 5) is 11.6. The van der Waals surface area contributed by atoms with Gasteiger partial charge in [-0.2, -0.15) is 0 Å². The molecular formula is C16H25NO2. The standard InChI is InChI=1S/C16H25NO2/c1-6-15(16(18)19-5)17-12(4)14-9-7-13(8-10-14)11(2)3/h7-12,15,17H,6H2,1-5H3. The highest BCUT2D eigenvalue weighted by Gasteiger charge is 2.19. The Balaban J connectivity index is 2.71. The van der Waals surface area contributed by atoms with Gasteiger partial charge in [0.1, 0.15) is 6.04 Å². The van der Waals surface area contributed by atoms with Crippen molar-refractivity contribution < 1.29 is 9.53 Å². The molecule has 0 spiro atoms. The summed E-state index contributed by atoms with van der Waals surface area (Å²) < 4.78 is 4.79. The van der Waals surface area contributed by atoms with Crippen LogP contribution in [0, 0.1) is 0 Å². The minimum atomic E-state index is -0.246. The molecule has 0 saturated carbocycles. The molecule has 2 atom stereocenters. The molecular weight excluding hydrogens is 238 g/mol. The van der Waals surface area contributed by atoms with Crippen molar-refractivity contribution >= 4 is 5.97 Å². The van der Waals surface area contributed by atoms with Crippen LogP contribution in [0.3, 0.4) is 0 Å². The van der Waals surface area contributed by atoms with Crippen LogP contribution in [0.4, 0.5) is 0 Å². The third-order valence-electron chi connectivity index (χ3n) is 3.45. The molecule has 0 aliphatic carbocycles. The van der Waals surface area contributed by atoms with E-state index < -0.39 is 0 Å². The van der Waals surface area contributed by atoms with Crippen LogP contribution in [0.2, 0.25) is 0 Å². The second-order valence-electron chi connectivity index (χ2n) is 5.19. The van der Waals surface area contributed by atoms with Crippen molar-refractivity contribution in [3.8, 4) is 0 Å². The number of esters is 1. The van der Waals surface area contributed by atoms with Crippen LogP contribution in [0.5, 0.6) is 0 Å². The van der Waals surface area contributed by atoms with Gasteiger partial charge in [0.25, 0.3) is 0 Å². The van der Waals surface area contributed by atoms with Crippen molar-refractivity contribution in [1.29, 1.82) is 0 Å². The highest BCUT2D eigenvalue weighted by Crippen LogP contribution is 2.19. The predicted octanol–water partition coefficient (Wildman–Crippen LogP) is 3.41. The average Bonchev–Trinajstić information content (AvgIpc) is 2.43. The maximum Gasteiger partial charge on any atom is 0.322 e. The molecule has 0 aliphatic rings. The first-order valence-electron chi connectivity index (χ1n) is 6.93. The first kappa shape index (κ1) is 15.7. The maximum absolute atomic E-state index is 11.6. The van der Waals surface area contributed by atoms with Gasteiger partial charge in [0.05, 0.1) is 7.11 Å². The van der Waals surface area contributed by atoms with E-state index in [9.17, 15) is 4.79 Å². The summed E-state index contributed by atoms with van der Waals surface area (Å²) >= 11 is 0. The average molecular weight is 263 g/mol. The molecule has 3 heteroatoms. The maximum atomic E-state index is 11.6. The number of nitrogens with one attached hydrogen (secondary N) is 1. The number of hydrogen-bond acceptors (Lipinski definition) is 3. The van der Waals surface area contributed by atoms with E-state index in [1.54, 1.807) is 0 Å². The van der Waals surface area contributed by atoms with Gasteiger partial charge in [0.15, 0.2) is 0 Å². The highest BCUT2D eigenvalue weighted by molar-refractivity contribution is 5.75. The van der Waals surface area contributed by atoms with E-state index in [4.69, 9.17) is 4.74 Å². The summed E-state index contributed by atoms with van der Waals surface area (Å²) in [6.45, 7) is 8.40. The fraction of sp³-hybridized carbons (Fsp3) is 0.562. The minimum absolute atomic E-state index is 0.130. The molecule has 2 unspecified atom stereocenters. The molecule has 19 heavy (non-hydrogen) atoms. The van der Waals surface area contributed by atoms with E-state index in [1.165, 1.54) is 18.2 Å². The summed E-state index contributed by atoms with van der Waals surface area (Å²) in [6, 6.07) is 8.43. The number of methoxy groups -OCH3 is 1. The van der Waals surface area contributed by atoms with Crippen LogP contribution in [0.25, 0.3) is 0 Å². The van der Waals surface area contributed by atoms with Crippen LogP contribution in [-0.2, 0) is 9.53 Å². The Hall–Kier alpha value is -1.35. The fourth-order valence-electron chi connectivity index (χ4n) is 2.06. The van der Waals surface area contributed by atoms with Crippen LogP contribution in [0.1, 0.15) is 57.2 Å². The molecule has 0 radical (unpaired) electrons. The number of carbonyl (C=O) groups is 1. The van der Waals surface area contributed by atoms with Crippen molar-refractivity contribution in [3.05, 3.63) is 35.4 Å². The number of hydrogen-bond donors (Lipinski definition) is 1. The minimum Gasteiger partial charge on any atom is -0.468 e. The summed E-state index contributed by atoms with van der Waals surface area (Å²) in [5, 5.41) is 3.31. The van der Waals surface area contributed by atoms with Crippen LogP contribution < -0.4 is 5.32 Å². The molecule has 0 fully saturated rings. The molecule has 1 rings (SSSR count). The topological polar surface area (TPSA) is 38.3 Å². The zero-order valence-electron chi connectivity index (χ0n) is 12.6. The summed E-state index contributed by atoms with van der Waals surface area (Å²) in [5.41, 5.74) is 2.52. The molecule has 106 valence electrons. The SMILES string of the molecule is CCC(NC(C)c1ccc(C(C)C)cc1)C(=O)OC. The lowest BCUT2D eigenvalue weighted by atomic mass is 9.99. The summed E-state index contributed by atoms with van der Waals surface area (Å²) in [6.07, 6.45) is 0.723. The van der Waals surface area contributed by atoms with Gasteiger partial charge in [0.2, 0.25) is 0 Å². The van der Waals surface area contributed by atoms with Crippen LogP contribution in [-0.4, -0.2) is 19.1 Å². The first-order valence-corrected chi connectivity index (χ1v) is 6.93. The Morgan fingerprint density at radius 2 is 1.68 bits per heavy atom. The van der Waals surface area contributed by atoms with Crippen molar-refractivity contribution in [2.75, 3.05) is 7.11 Å². The van der Waals surface area contributed by atoms with Gasteiger partial charge >= 0.3 is 5.97 Å². The molecule has 1 N–H and O–H groups in total. The molecule has 1 aromatic rings. The predicted molar refractivity (Wildman–Crippen MR) is 78.2 cm³/mol. The molecule has 0 aromatic heterocycles. The number of rotatable bonds is 6. The molecule has 0 aliphatic heterocycles. The van der Waals surface area contributed by atoms with E-state index in [1.807, 2.05) is 6.92 Å². The van der Waals surface area contributed by atoms with Gasteiger partial charge < -0.3 is 4.74 Å². The third kappa shape index (κ3) is 4.35. The normalized spacial score (nSPS) is 14.2. The zero-order chi connectivity index (χ0) is 14.4. The number of carbonyl (C=O) groups excluding carboxylic acids is 1. The van der Waals surface area contributed by atoms with Crippen molar-refractivity contribution in [2.24, 2.45) is 0 Å². The monoisotopic (exact) mass is 263 g/mol. The largest absolute Gasteiger partial charge is 0.468 e. The van der Waals surface area contributed by atoms with E-state index in [0.717, 1.165) is 6.42 Å². The molecule has 0 heterocycles. The zero-order valence-corrected chi connectivity index (χ0v) is 12.6. The summed E-state index contributed by atoms with van der Waals surface area (Å²) in [5.74, 6) is 0.337. The second kappa shape index (κ2) is 7.29. The van der Waals surface area contributed by atoms with Gasteiger partial charge in [-0.15, -0.1) is 0 Å². The van der Waals surface area contributed by atoms with Gasteiger partial charge in [-0.25, -0.2) is 0 Å². The Morgan fingerprint density at radius 3 is 2.11 bits per heavy atom. The number of ether oxygens (including phenoxy) is 1. The van der Waals surface area contributed by atoms with Gasteiger partial charge in [-0.05, 0) is 30.4 Å². The molecule has 3 nitrogen and oxygen atoms in total. The van der Waals surface area contributed by atoms with E-state index in [2.05, 4.69) is 50.4 Å². The Kier molecular flexibility index (Phi) is 6.03. The lowest BCUT2D eigenvalue weighted by Gasteiger charge is -2.21. The number of benzene rings is 1. The van der Waals surface area contributed by atoms with Gasteiger partial charge in [-0.1, -0.05) is 45.0 Å². The van der Waals surface area contributed by atoms with Crippen molar-refractivity contribution in [2.45, 2.75) is 52.1 Å². The Bertz CT molecular complexity index is 398. The fourth-order valence-corrected chi connectivity index (χ4v) is 2.06. The molecule has 0 saturated heterocycles. The first-order chi connectivity index (χ1) is 8.99. The van der Waals surface area contributed by atoms with Crippen molar-refractivity contribution in [3.63, 3.8) is 0 Å².